The second-order valence-electron chi connectivity index (χ2n) is 5.25. The molecule has 0 bridgehead atoms. The van der Waals surface area contributed by atoms with Crippen molar-refractivity contribution in [3.63, 3.8) is 0 Å². The predicted octanol–water partition coefficient (Wildman–Crippen LogP) is 0.916. The minimum absolute atomic E-state index is 0.139. The molecule has 3 rings (SSSR count). The Morgan fingerprint density at radius 1 is 1.35 bits per heavy atom. The average molecular weight is 276 g/mol. The van der Waals surface area contributed by atoms with Crippen molar-refractivity contribution in [2.45, 2.75) is 25.6 Å². The Morgan fingerprint density at radius 3 is 2.85 bits per heavy atom. The van der Waals surface area contributed by atoms with Crippen LogP contribution in [0.25, 0.3) is 11.0 Å². The molecule has 2 N–H and O–H groups in total. The summed E-state index contributed by atoms with van der Waals surface area (Å²) < 4.78 is 14.9. The highest BCUT2D eigenvalue weighted by Crippen LogP contribution is 2.13. The molecule has 0 unspecified atom stereocenters. The van der Waals surface area contributed by atoms with Gasteiger partial charge in [-0.2, -0.15) is 0 Å². The lowest BCUT2D eigenvalue weighted by molar-refractivity contribution is 0.171. The van der Waals surface area contributed by atoms with Gasteiger partial charge in [0.1, 0.15) is 5.82 Å². The fourth-order valence-corrected chi connectivity index (χ4v) is 2.58. The highest BCUT2D eigenvalue weighted by Gasteiger charge is 2.17. The van der Waals surface area contributed by atoms with Crippen molar-refractivity contribution in [1.82, 2.24) is 14.5 Å². The summed E-state index contributed by atoms with van der Waals surface area (Å²) in [6, 6.07) is 4.71. The second-order valence-corrected chi connectivity index (χ2v) is 5.25. The molecule has 0 amide bonds. The molecule has 0 atom stereocenters. The molecule has 1 fully saturated rings. The predicted molar refractivity (Wildman–Crippen MR) is 74.7 cm³/mol. The Balaban J connectivity index is 1.95. The molecule has 1 saturated heterocycles. The van der Waals surface area contributed by atoms with Crippen LogP contribution in [-0.4, -0.2) is 33.6 Å². The third-order valence-corrected chi connectivity index (χ3v) is 3.78. The number of hydrogen-bond donors (Lipinski definition) is 1. The summed E-state index contributed by atoms with van der Waals surface area (Å²) in [6.07, 6.45) is 3.01. The fraction of sp³-hybridized carbons (Fsp3) is 0.429. The molecule has 0 spiro atoms. The molecular weight excluding hydrogens is 259 g/mol. The number of fused-ring (bicyclic) bond motifs is 1. The van der Waals surface area contributed by atoms with E-state index in [0.29, 0.717) is 17.7 Å². The molecule has 5 nitrogen and oxygen atoms in total. The molecule has 20 heavy (non-hydrogen) atoms. The molecule has 0 aromatic carbocycles. The van der Waals surface area contributed by atoms with Gasteiger partial charge in [0.05, 0.1) is 23.9 Å². The third-order valence-electron chi connectivity index (χ3n) is 3.78. The number of pyridine rings is 2. The zero-order chi connectivity index (χ0) is 14.1. The fourth-order valence-electron chi connectivity index (χ4n) is 2.58. The SMILES string of the molecule is NC1CCN(Cn2c(=O)ccc3ncc(F)cc32)CC1. The van der Waals surface area contributed by atoms with Crippen LogP contribution in [0.2, 0.25) is 0 Å². The lowest BCUT2D eigenvalue weighted by Gasteiger charge is -2.30. The van der Waals surface area contributed by atoms with Gasteiger partial charge >= 0.3 is 0 Å². The van der Waals surface area contributed by atoms with Gasteiger partial charge in [-0.1, -0.05) is 0 Å². The van der Waals surface area contributed by atoms with Gasteiger partial charge < -0.3 is 5.73 Å². The number of nitrogens with zero attached hydrogens (tertiary/aromatic N) is 3. The monoisotopic (exact) mass is 276 g/mol. The van der Waals surface area contributed by atoms with Crippen molar-refractivity contribution in [3.05, 3.63) is 40.6 Å². The summed E-state index contributed by atoms with van der Waals surface area (Å²) in [5.74, 6) is -0.433. The molecule has 0 saturated carbocycles. The van der Waals surface area contributed by atoms with Gasteiger partial charge in [-0.3, -0.25) is 19.2 Å². The molecule has 106 valence electrons. The van der Waals surface area contributed by atoms with Crippen molar-refractivity contribution < 1.29 is 4.39 Å². The quantitative estimate of drug-likeness (QED) is 0.885. The largest absolute Gasteiger partial charge is 0.328 e. The van der Waals surface area contributed by atoms with E-state index < -0.39 is 5.82 Å². The smallest absolute Gasteiger partial charge is 0.252 e. The molecule has 1 aliphatic rings. The first kappa shape index (κ1) is 13.2. The number of aromatic nitrogens is 2. The van der Waals surface area contributed by atoms with E-state index in [0.717, 1.165) is 32.1 Å². The topological polar surface area (TPSA) is 64.2 Å². The number of halogens is 1. The maximum Gasteiger partial charge on any atom is 0.252 e. The van der Waals surface area contributed by atoms with Crippen LogP contribution in [0.4, 0.5) is 4.39 Å². The van der Waals surface area contributed by atoms with Gasteiger partial charge in [0, 0.05) is 31.3 Å². The maximum atomic E-state index is 13.4. The van der Waals surface area contributed by atoms with Crippen molar-refractivity contribution in [1.29, 1.82) is 0 Å². The number of hydrogen-bond acceptors (Lipinski definition) is 4. The van der Waals surface area contributed by atoms with E-state index in [1.165, 1.54) is 12.1 Å². The van der Waals surface area contributed by atoms with Gasteiger partial charge in [-0.15, -0.1) is 0 Å². The van der Waals surface area contributed by atoms with E-state index in [9.17, 15) is 9.18 Å². The van der Waals surface area contributed by atoms with E-state index in [1.54, 1.807) is 10.6 Å². The van der Waals surface area contributed by atoms with Crippen molar-refractivity contribution >= 4 is 11.0 Å². The average Bonchev–Trinajstić information content (AvgIpc) is 2.44. The van der Waals surface area contributed by atoms with Crippen LogP contribution >= 0.6 is 0 Å². The summed E-state index contributed by atoms with van der Waals surface area (Å²) in [4.78, 5) is 18.2. The highest BCUT2D eigenvalue weighted by atomic mass is 19.1. The summed E-state index contributed by atoms with van der Waals surface area (Å²) in [7, 11) is 0. The van der Waals surface area contributed by atoms with E-state index in [1.807, 2.05) is 0 Å². The van der Waals surface area contributed by atoms with E-state index in [2.05, 4.69) is 9.88 Å². The molecule has 0 aliphatic carbocycles. The number of piperidine rings is 1. The summed E-state index contributed by atoms with van der Waals surface area (Å²) in [6.45, 7) is 2.16. The van der Waals surface area contributed by atoms with Crippen LogP contribution in [0.5, 0.6) is 0 Å². The molecule has 6 heteroatoms. The van der Waals surface area contributed by atoms with Gasteiger partial charge in [-0.05, 0) is 18.9 Å². The molecular formula is C14H17FN4O. The van der Waals surface area contributed by atoms with E-state index in [-0.39, 0.29) is 11.6 Å². The molecule has 2 aromatic heterocycles. The lowest BCUT2D eigenvalue weighted by Crippen LogP contribution is -2.42. The van der Waals surface area contributed by atoms with E-state index >= 15 is 0 Å². The van der Waals surface area contributed by atoms with Crippen LogP contribution in [0.3, 0.4) is 0 Å². The normalized spacial score (nSPS) is 17.7. The summed E-state index contributed by atoms with van der Waals surface area (Å²) in [5, 5.41) is 0. The number of nitrogens with two attached hydrogens (primary N) is 1. The Morgan fingerprint density at radius 2 is 2.10 bits per heavy atom. The van der Waals surface area contributed by atoms with E-state index in [4.69, 9.17) is 5.73 Å². The number of likely N-dealkylation sites (tertiary alicyclic amines) is 1. The summed E-state index contributed by atoms with van der Waals surface area (Å²) >= 11 is 0. The first-order valence-electron chi connectivity index (χ1n) is 6.76. The van der Waals surface area contributed by atoms with Crippen LogP contribution in [0.15, 0.2) is 29.2 Å². The summed E-state index contributed by atoms with van der Waals surface area (Å²) in [5.41, 5.74) is 6.90. The Bertz CT molecular complexity index is 676. The van der Waals surface area contributed by atoms with Gasteiger partial charge in [-0.25, -0.2) is 4.39 Å². The Labute approximate surface area is 115 Å². The third kappa shape index (κ3) is 2.57. The maximum absolute atomic E-state index is 13.4. The minimum Gasteiger partial charge on any atom is -0.328 e. The first-order valence-corrected chi connectivity index (χ1v) is 6.76. The van der Waals surface area contributed by atoms with Crippen LogP contribution in [0.1, 0.15) is 12.8 Å². The lowest BCUT2D eigenvalue weighted by atomic mass is 10.1. The minimum atomic E-state index is -0.433. The van der Waals surface area contributed by atoms with Crippen molar-refractivity contribution in [3.8, 4) is 0 Å². The van der Waals surface area contributed by atoms with Gasteiger partial charge in [0.15, 0.2) is 0 Å². The number of rotatable bonds is 2. The molecule has 1 aliphatic heterocycles. The van der Waals surface area contributed by atoms with Gasteiger partial charge in [0.2, 0.25) is 0 Å². The first-order chi connectivity index (χ1) is 9.63. The Hall–Kier alpha value is -1.79. The zero-order valence-corrected chi connectivity index (χ0v) is 11.1. The van der Waals surface area contributed by atoms with Crippen molar-refractivity contribution in [2.75, 3.05) is 13.1 Å². The second kappa shape index (κ2) is 5.30. The van der Waals surface area contributed by atoms with Crippen LogP contribution in [0, 0.1) is 5.82 Å². The van der Waals surface area contributed by atoms with Crippen molar-refractivity contribution in [2.24, 2.45) is 5.73 Å². The molecule has 0 radical (unpaired) electrons. The van der Waals surface area contributed by atoms with Crippen LogP contribution < -0.4 is 11.3 Å². The molecule has 3 heterocycles. The Kier molecular flexibility index (Phi) is 3.50. The van der Waals surface area contributed by atoms with Gasteiger partial charge in [0.25, 0.3) is 5.56 Å². The molecule has 2 aromatic rings. The van der Waals surface area contributed by atoms with Crippen LogP contribution in [-0.2, 0) is 6.67 Å². The zero-order valence-electron chi connectivity index (χ0n) is 11.1. The highest BCUT2D eigenvalue weighted by molar-refractivity contribution is 5.74. The standard InChI is InChI=1S/C14H17FN4O/c15-10-7-13-12(17-8-10)1-2-14(20)19(13)9-18-5-3-11(16)4-6-18/h1-2,7-8,11H,3-6,9,16H2.